The minimum atomic E-state index is -0.0293. The molecule has 0 N–H and O–H groups in total. The van der Waals surface area contributed by atoms with Gasteiger partial charge in [0.25, 0.3) is 0 Å². The number of nitrogens with zero attached hydrogens (tertiary/aromatic N) is 1. The molecule has 0 aromatic heterocycles. The van der Waals surface area contributed by atoms with Crippen LogP contribution in [0.5, 0.6) is 5.75 Å². The number of hydrogen-bond donors (Lipinski definition) is 0. The molecule has 0 spiro atoms. The van der Waals surface area contributed by atoms with Crippen molar-refractivity contribution in [2.24, 2.45) is 0 Å². The van der Waals surface area contributed by atoms with Crippen LogP contribution in [0.15, 0.2) is 54.6 Å². The molecule has 1 amide bonds. The molecule has 0 unspecified atom stereocenters. The molecule has 1 aliphatic rings. The van der Waals surface area contributed by atoms with Crippen molar-refractivity contribution >= 4 is 17.7 Å². The molecule has 1 aliphatic heterocycles. The van der Waals surface area contributed by atoms with Gasteiger partial charge in [-0.25, -0.2) is 0 Å². The van der Waals surface area contributed by atoms with E-state index < -0.39 is 0 Å². The summed E-state index contributed by atoms with van der Waals surface area (Å²) < 4.78 is 5.77. The topological polar surface area (TPSA) is 29.5 Å². The second-order valence-electron chi connectivity index (χ2n) is 5.55. The Kier molecular flexibility index (Phi) is 4.91. The average molecular weight is 327 g/mol. The summed E-state index contributed by atoms with van der Waals surface area (Å²) in [6.45, 7) is 5.21. The van der Waals surface area contributed by atoms with Gasteiger partial charge in [-0.15, -0.1) is 11.8 Å². The molecule has 2 atom stereocenters. The number of benzene rings is 2. The van der Waals surface area contributed by atoms with Crippen LogP contribution in [0.1, 0.15) is 30.3 Å². The smallest absolute Gasteiger partial charge is 0.236 e. The lowest BCUT2D eigenvalue weighted by Gasteiger charge is -2.25. The Morgan fingerprint density at radius 1 is 1.09 bits per heavy atom. The molecule has 1 fully saturated rings. The third-order valence-electron chi connectivity index (χ3n) is 3.93. The van der Waals surface area contributed by atoms with Gasteiger partial charge in [0.05, 0.1) is 11.9 Å². The molecule has 0 bridgehead atoms. The molecule has 2 aromatic rings. The van der Waals surface area contributed by atoms with Gasteiger partial charge in [-0.1, -0.05) is 48.5 Å². The molecule has 120 valence electrons. The minimum absolute atomic E-state index is 0.000422. The van der Waals surface area contributed by atoms with Gasteiger partial charge < -0.3 is 9.64 Å². The van der Waals surface area contributed by atoms with Crippen molar-refractivity contribution in [2.45, 2.75) is 31.0 Å². The Balaban J connectivity index is 1.92. The van der Waals surface area contributed by atoms with Gasteiger partial charge in [0, 0.05) is 12.1 Å². The number of para-hydroxylation sites is 1. The number of rotatable bonds is 5. The summed E-state index contributed by atoms with van der Waals surface area (Å²) in [5, 5.41) is -0.0288. The highest BCUT2D eigenvalue weighted by molar-refractivity contribution is 8.01. The first-order valence-electron chi connectivity index (χ1n) is 7.92. The van der Waals surface area contributed by atoms with Crippen molar-refractivity contribution in [1.82, 2.24) is 4.90 Å². The van der Waals surface area contributed by atoms with Crippen molar-refractivity contribution in [3.05, 3.63) is 65.7 Å². The van der Waals surface area contributed by atoms with E-state index in [9.17, 15) is 4.79 Å². The molecule has 0 saturated carbocycles. The standard InChI is InChI=1S/C19H21NO2S/c1-3-22-17-12-8-7-11-16(17)19-20(18(21)14(2)23-19)13-15-9-5-4-6-10-15/h4-12,14,19H,3,13H2,1-2H3/t14-,19-/m0/s1. The Morgan fingerprint density at radius 3 is 2.52 bits per heavy atom. The van der Waals surface area contributed by atoms with Crippen LogP contribution in [-0.4, -0.2) is 22.7 Å². The molecule has 2 aromatic carbocycles. The lowest BCUT2D eigenvalue weighted by Crippen LogP contribution is -2.30. The van der Waals surface area contributed by atoms with E-state index in [2.05, 4.69) is 18.2 Å². The third-order valence-corrected chi connectivity index (χ3v) is 5.30. The first-order valence-corrected chi connectivity index (χ1v) is 8.86. The number of carbonyl (C=O) groups excluding carboxylic acids is 1. The van der Waals surface area contributed by atoms with E-state index >= 15 is 0 Å². The van der Waals surface area contributed by atoms with Gasteiger partial charge in [0.2, 0.25) is 5.91 Å². The maximum atomic E-state index is 12.6. The second-order valence-corrected chi connectivity index (χ2v) is 6.98. The fourth-order valence-corrected chi connectivity index (χ4v) is 4.13. The summed E-state index contributed by atoms with van der Waals surface area (Å²) in [7, 11) is 0. The van der Waals surface area contributed by atoms with Crippen molar-refractivity contribution in [1.29, 1.82) is 0 Å². The molecule has 1 saturated heterocycles. The molecule has 23 heavy (non-hydrogen) atoms. The predicted molar refractivity (Wildman–Crippen MR) is 94.4 cm³/mol. The highest BCUT2D eigenvalue weighted by Gasteiger charge is 2.39. The van der Waals surface area contributed by atoms with Gasteiger partial charge in [0.15, 0.2) is 0 Å². The van der Waals surface area contributed by atoms with Gasteiger partial charge in [-0.2, -0.15) is 0 Å². The zero-order valence-electron chi connectivity index (χ0n) is 13.4. The summed E-state index contributed by atoms with van der Waals surface area (Å²) in [6, 6.07) is 18.2. The number of hydrogen-bond acceptors (Lipinski definition) is 3. The molecule has 0 radical (unpaired) electrons. The first kappa shape index (κ1) is 15.9. The minimum Gasteiger partial charge on any atom is -0.493 e. The molecule has 3 nitrogen and oxygen atoms in total. The zero-order chi connectivity index (χ0) is 16.2. The summed E-state index contributed by atoms with van der Waals surface area (Å²) in [6.07, 6.45) is 0. The first-order chi connectivity index (χ1) is 11.2. The number of ether oxygens (including phenoxy) is 1. The normalized spacial score (nSPS) is 20.8. The molecule has 3 rings (SSSR count). The van der Waals surface area contributed by atoms with E-state index in [-0.39, 0.29) is 16.5 Å². The van der Waals surface area contributed by atoms with Crippen molar-refractivity contribution in [3.63, 3.8) is 0 Å². The van der Waals surface area contributed by atoms with Crippen molar-refractivity contribution < 1.29 is 9.53 Å². The average Bonchev–Trinajstić information content (AvgIpc) is 2.85. The molecule has 0 aliphatic carbocycles. The van der Waals surface area contributed by atoms with Gasteiger partial charge in [0.1, 0.15) is 11.1 Å². The van der Waals surface area contributed by atoms with Crippen LogP contribution in [0.4, 0.5) is 0 Å². The van der Waals surface area contributed by atoms with Crippen LogP contribution in [0.3, 0.4) is 0 Å². The van der Waals surface area contributed by atoms with Gasteiger partial charge in [-0.05, 0) is 25.5 Å². The largest absolute Gasteiger partial charge is 0.493 e. The molecule has 4 heteroatoms. The van der Waals surface area contributed by atoms with Crippen molar-refractivity contribution in [3.8, 4) is 5.75 Å². The monoisotopic (exact) mass is 327 g/mol. The van der Waals surface area contributed by atoms with Crippen LogP contribution in [0.2, 0.25) is 0 Å². The van der Waals surface area contributed by atoms with Gasteiger partial charge in [-0.3, -0.25) is 4.79 Å². The second kappa shape index (κ2) is 7.09. The number of amides is 1. The summed E-state index contributed by atoms with van der Waals surface area (Å²) >= 11 is 1.69. The Bertz CT molecular complexity index is 674. The van der Waals surface area contributed by atoms with Crippen LogP contribution in [-0.2, 0) is 11.3 Å². The third kappa shape index (κ3) is 3.37. The summed E-state index contributed by atoms with van der Waals surface area (Å²) in [4.78, 5) is 14.6. The van der Waals surface area contributed by atoms with Crippen LogP contribution >= 0.6 is 11.8 Å². The summed E-state index contributed by atoms with van der Waals surface area (Å²) in [5.74, 6) is 1.06. The Hall–Kier alpha value is -1.94. The van der Waals surface area contributed by atoms with E-state index in [0.29, 0.717) is 13.2 Å². The van der Waals surface area contributed by atoms with Gasteiger partial charge >= 0.3 is 0 Å². The van der Waals surface area contributed by atoms with Crippen LogP contribution < -0.4 is 4.74 Å². The highest BCUT2D eigenvalue weighted by Crippen LogP contribution is 2.46. The fraction of sp³-hybridized carbons (Fsp3) is 0.316. The quantitative estimate of drug-likeness (QED) is 0.822. The van der Waals surface area contributed by atoms with E-state index in [0.717, 1.165) is 16.9 Å². The maximum absolute atomic E-state index is 12.6. The Labute approximate surface area is 141 Å². The SMILES string of the molecule is CCOc1ccccc1[C@@H]1S[C@@H](C)C(=O)N1Cc1ccccc1. The zero-order valence-corrected chi connectivity index (χ0v) is 14.3. The number of thioether (sulfide) groups is 1. The van der Waals surface area contributed by atoms with E-state index in [1.54, 1.807) is 11.8 Å². The van der Waals surface area contributed by atoms with E-state index in [1.807, 2.05) is 55.1 Å². The maximum Gasteiger partial charge on any atom is 0.236 e. The molecular formula is C19H21NO2S. The number of carbonyl (C=O) groups is 1. The lowest BCUT2D eigenvalue weighted by atomic mass is 10.1. The fourth-order valence-electron chi connectivity index (χ4n) is 2.83. The predicted octanol–water partition coefficient (Wildman–Crippen LogP) is 4.25. The van der Waals surface area contributed by atoms with Crippen molar-refractivity contribution in [2.75, 3.05) is 6.61 Å². The Morgan fingerprint density at radius 2 is 1.78 bits per heavy atom. The van der Waals surface area contributed by atoms with E-state index in [4.69, 9.17) is 4.74 Å². The highest BCUT2D eigenvalue weighted by atomic mass is 32.2. The van der Waals surface area contributed by atoms with E-state index in [1.165, 1.54) is 0 Å². The molecule has 1 heterocycles. The van der Waals surface area contributed by atoms with Crippen LogP contribution in [0, 0.1) is 0 Å². The molecular weight excluding hydrogens is 306 g/mol. The lowest BCUT2D eigenvalue weighted by molar-refractivity contribution is -0.130. The summed E-state index contributed by atoms with van der Waals surface area (Å²) in [5.41, 5.74) is 2.22. The van der Waals surface area contributed by atoms with Crippen LogP contribution in [0.25, 0.3) is 0 Å².